The number of benzene rings is 2. The van der Waals surface area contributed by atoms with Crippen LogP contribution in [0.15, 0.2) is 36.4 Å². The fourth-order valence-corrected chi connectivity index (χ4v) is 7.32. The quantitative estimate of drug-likeness (QED) is 0.0539. The predicted octanol–water partition coefficient (Wildman–Crippen LogP) is -1.14. The van der Waals surface area contributed by atoms with Crippen LogP contribution in [0.1, 0.15) is 47.9 Å². The summed E-state index contributed by atoms with van der Waals surface area (Å²) in [5.74, 6) is -8.75. The average molecular weight is 856 g/mol. The summed E-state index contributed by atoms with van der Waals surface area (Å²) in [6, 6.07) is 7.50. The van der Waals surface area contributed by atoms with Crippen molar-refractivity contribution in [3.63, 3.8) is 0 Å². The molecule has 2 aromatic rings. The number of nitrogens with one attached hydrogen (secondary N) is 5. The summed E-state index contributed by atoms with van der Waals surface area (Å²) in [6.07, 6.45) is -1.14. The van der Waals surface area contributed by atoms with E-state index in [1.807, 2.05) is 26.2 Å². The van der Waals surface area contributed by atoms with E-state index in [2.05, 4.69) is 26.5 Å². The Labute approximate surface area is 352 Å². The van der Waals surface area contributed by atoms with Gasteiger partial charge in [0.1, 0.15) is 12.1 Å². The van der Waals surface area contributed by atoms with Crippen molar-refractivity contribution in [1.29, 1.82) is 0 Å². The third-order valence-corrected chi connectivity index (χ3v) is 10.6. The number of nitrogens with zero attached hydrogens (tertiary/aromatic N) is 2. The van der Waals surface area contributed by atoms with Crippen LogP contribution in [-0.4, -0.2) is 137 Å². The molecule has 3 heterocycles. The van der Waals surface area contributed by atoms with Gasteiger partial charge in [-0.2, -0.15) is 0 Å². The molecule has 330 valence electrons. The van der Waals surface area contributed by atoms with Gasteiger partial charge in [0.05, 0.1) is 53.7 Å². The second kappa shape index (κ2) is 21.7. The van der Waals surface area contributed by atoms with Gasteiger partial charge in [0.2, 0.25) is 35.3 Å². The second-order valence-electron chi connectivity index (χ2n) is 14.9. The number of fused-ring (bicyclic) bond motifs is 1. The van der Waals surface area contributed by atoms with Crippen molar-refractivity contribution in [3.8, 4) is 11.5 Å². The zero-order valence-electron chi connectivity index (χ0n) is 34.4. The Hall–Kier alpha value is -5.67. The number of ether oxygens (including phenoxy) is 4. The molecule has 5 rings (SSSR count). The minimum atomic E-state index is -3.46. The number of carbonyl (C=O) groups excluding carboxylic acids is 7. The molecule has 0 bridgehead atoms. The maximum absolute atomic E-state index is 14.5. The van der Waals surface area contributed by atoms with E-state index in [-0.39, 0.29) is 57.3 Å². The molecule has 2 saturated heterocycles. The maximum atomic E-state index is 14.5. The lowest BCUT2D eigenvalue weighted by molar-refractivity contribution is -0.144. The molecule has 61 heavy (non-hydrogen) atoms. The molecule has 21 heteroatoms. The fraction of sp³-hybridized carbons (Fsp3) is 0.525. The standard InChI is InChI=1S/C40H52BF2N7O11/c1-58-31-7-6-24(14-32(31)59-2)18-45-39(57)36(54)30-17-40(42,43)23-50(30)35(53)20-46-38(56)29-15-27(37(55)48-29)16-34(52)49-21-26-5-3-4-25(28(26)22-49)19-44-33(51)8-10-60-12-13-61-11-9-47-41/h3-7,14,27,29-30,47H,8-13,15-23,41H2,1-2H3,(H,44,51)(H,45,57)(H,46,56)(H,48,55)/t27-,29-,30?/m0/s1. The number of hydrogen-bond donors (Lipinski definition) is 5. The lowest BCUT2D eigenvalue weighted by Crippen LogP contribution is -2.51. The number of rotatable bonds is 22. The van der Waals surface area contributed by atoms with Crippen LogP contribution in [-0.2, 0) is 69.2 Å². The Kier molecular flexibility index (Phi) is 16.5. The number of likely N-dealkylation sites (tertiary alicyclic amines) is 1. The van der Waals surface area contributed by atoms with E-state index >= 15 is 0 Å². The number of carbonyl (C=O) groups is 7. The van der Waals surface area contributed by atoms with E-state index in [1.54, 1.807) is 23.1 Å². The Morgan fingerprint density at radius 2 is 1.66 bits per heavy atom. The Bertz CT molecular complexity index is 1960. The van der Waals surface area contributed by atoms with Crippen molar-refractivity contribution >= 4 is 49.2 Å². The summed E-state index contributed by atoms with van der Waals surface area (Å²) in [7, 11) is 4.71. The van der Waals surface area contributed by atoms with Crippen LogP contribution in [0.5, 0.6) is 11.5 Å². The van der Waals surface area contributed by atoms with Gasteiger partial charge in [-0.05, 0) is 40.8 Å². The molecule has 0 aliphatic carbocycles. The van der Waals surface area contributed by atoms with Crippen LogP contribution < -0.4 is 36.0 Å². The smallest absolute Gasteiger partial charge is 0.289 e. The summed E-state index contributed by atoms with van der Waals surface area (Å²) in [5.41, 5.74) is 3.20. The number of alkyl halides is 2. The van der Waals surface area contributed by atoms with Gasteiger partial charge in [-0.1, -0.05) is 24.3 Å². The Balaban J connectivity index is 1.05. The second-order valence-corrected chi connectivity index (χ2v) is 14.9. The van der Waals surface area contributed by atoms with Gasteiger partial charge < -0.3 is 55.2 Å². The van der Waals surface area contributed by atoms with Crippen molar-refractivity contribution < 1.29 is 61.3 Å². The van der Waals surface area contributed by atoms with Crippen LogP contribution in [0.3, 0.4) is 0 Å². The van der Waals surface area contributed by atoms with E-state index in [0.29, 0.717) is 48.3 Å². The number of amides is 6. The zero-order valence-corrected chi connectivity index (χ0v) is 34.4. The molecule has 0 spiro atoms. The normalized spacial score (nSPS) is 18.9. The molecule has 2 fully saturated rings. The number of ketones is 1. The zero-order chi connectivity index (χ0) is 44.1. The molecule has 3 atom stereocenters. The van der Waals surface area contributed by atoms with Crippen molar-refractivity contribution in [2.45, 2.75) is 69.9 Å². The van der Waals surface area contributed by atoms with Gasteiger partial charge >= 0.3 is 0 Å². The molecule has 3 aliphatic rings. The molecule has 5 N–H and O–H groups in total. The molecule has 0 aromatic heterocycles. The Morgan fingerprint density at radius 1 is 0.902 bits per heavy atom. The van der Waals surface area contributed by atoms with E-state index < -0.39 is 72.8 Å². The topological polar surface area (TPSA) is 223 Å². The van der Waals surface area contributed by atoms with Crippen molar-refractivity contribution in [2.24, 2.45) is 5.92 Å². The average Bonchev–Trinajstić information content (AvgIpc) is 3.95. The molecule has 0 saturated carbocycles. The lowest BCUT2D eigenvalue weighted by atomic mass is 10.00. The maximum Gasteiger partial charge on any atom is 0.289 e. The summed E-state index contributed by atoms with van der Waals surface area (Å²) in [4.78, 5) is 92.8. The SMILES string of the molecule is BNCCOCCOCCC(=O)NCc1cccc2c1CN(C(=O)C[C@@H]1C[C@@H](C(=O)NCC(=O)N3CC(F)(F)CC3C(=O)C(=O)NCc3ccc(OC)c(OC)c3)NC1=O)C2. The van der Waals surface area contributed by atoms with E-state index in [4.69, 9.17) is 18.9 Å². The summed E-state index contributed by atoms with van der Waals surface area (Å²) >= 11 is 0. The number of Topliss-reactive ketones (excluding diaryl/α,β-unsaturated/α-hetero) is 1. The van der Waals surface area contributed by atoms with Crippen LogP contribution >= 0.6 is 0 Å². The van der Waals surface area contributed by atoms with E-state index in [1.165, 1.54) is 14.2 Å². The van der Waals surface area contributed by atoms with Gasteiger partial charge in [-0.25, -0.2) is 8.78 Å². The van der Waals surface area contributed by atoms with Crippen LogP contribution in [0.4, 0.5) is 8.78 Å². The molecule has 2 aromatic carbocycles. The van der Waals surface area contributed by atoms with Crippen molar-refractivity contribution in [3.05, 3.63) is 58.7 Å². The van der Waals surface area contributed by atoms with Gasteiger partial charge in [-0.15, -0.1) is 0 Å². The summed E-state index contributed by atoms with van der Waals surface area (Å²) in [6.45, 7) is 1.17. The van der Waals surface area contributed by atoms with Crippen molar-refractivity contribution in [2.75, 3.05) is 60.3 Å². The predicted molar refractivity (Wildman–Crippen MR) is 214 cm³/mol. The highest BCUT2D eigenvalue weighted by molar-refractivity contribution is 6.38. The lowest BCUT2D eigenvalue weighted by Gasteiger charge is -2.23. The summed E-state index contributed by atoms with van der Waals surface area (Å²) in [5, 5.41) is 13.1. The minimum absolute atomic E-state index is 0.0567. The van der Waals surface area contributed by atoms with Gasteiger partial charge in [0.15, 0.2) is 19.5 Å². The van der Waals surface area contributed by atoms with Gasteiger partial charge in [0, 0.05) is 57.9 Å². The van der Waals surface area contributed by atoms with E-state index in [0.717, 1.165) is 23.2 Å². The van der Waals surface area contributed by atoms with Crippen LogP contribution in [0.2, 0.25) is 0 Å². The molecule has 1 unspecified atom stereocenters. The highest BCUT2D eigenvalue weighted by atomic mass is 19.3. The fourth-order valence-electron chi connectivity index (χ4n) is 7.32. The third-order valence-electron chi connectivity index (χ3n) is 10.6. The largest absolute Gasteiger partial charge is 0.493 e. The molecule has 0 radical (unpaired) electrons. The first-order valence-electron chi connectivity index (χ1n) is 20.0. The molecule has 3 aliphatic heterocycles. The van der Waals surface area contributed by atoms with Crippen LogP contribution in [0.25, 0.3) is 0 Å². The highest BCUT2D eigenvalue weighted by Gasteiger charge is 2.51. The summed E-state index contributed by atoms with van der Waals surface area (Å²) < 4.78 is 50.3. The number of hydrogen-bond acceptors (Lipinski definition) is 12. The van der Waals surface area contributed by atoms with Crippen LogP contribution in [0, 0.1) is 5.92 Å². The molecular formula is C40H52BF2N7O11. The van der Waals surface area contributed by atoms with Gasteiger partial charge in [0.25, 0.3) is 11.8 Å². The third kappa shape index (κ3) is 12.7. The minimum Gasteiger partial charge on any atom is -0.493 e. The first-order chi connectivity index (χ1) is 29.2. The monoisotopic (exact) mass is 855 g/mol. The van der Waals surface area contributed by atoms with E-state index in [9.17, 15) is 42.3 Å². The van der Waals surface area contributed by atoms with Gasteiger partial charge in [-0.3, -0.25) is 33.6 Å². The first-order valence-corrected chi connectivity index (χ1v) is 20.0. The Morgan fingerprint density at radius 3 is 2.39 bits per heavy atom. The van der Waals surface area contributed by atoms with Crippen molar-refractivity contribution in [1.82, 2.24) is 36.3 Å². The highest BCUT2D eigenvalue weighted by Crippen LogP contribution is 2.33. The number of methoxy groups -OCH3 is 2. The first kappa shape index (κ1) is 46.4. The molecular weight excluding hydrogens is 803 g/mol. The molecule has 6 amide bonds. The number of halogens is 2. The molecule has 18 nitrogen and oxygen atoms in total.